The number of carboxylic acid groups (broad SMARTS) is 1. The van der Waals surface area contributed by atoms with Crippen molar-refractivity contribution in [1.29, 1.82) is 0 Å². The van der Waals surface area contributed by atoms with Crippen LogP contribution in [0.15, 0.2) is 36.4 Å². The first kappa shape index (κ1) is 19.0. The van der Waals surface area contributed by atoms with Crippen LogP contribution in [0.4, 0.5) is 4.39 Å². The molecule has 6 heteroatoms. The van der Waals surface area contributed by atoms with Crippen molar-refractivity contribution in [3.8, 4) is 11.1 Å². The number of amides is 1. The van der Waals surface area contributed by atoms with Gasteiger partial charge in [-0.05, 0) is 54.7 Å². The highest BCUT2D eigenvalue weighted by molar-refractivity contribution is 5.96. The van der Waals surface area contributed by atoms with Gasteiger partial charge in [-0.1, -0.05) is 24.3 Å². The van der Waals surface area contributed by atoms with Crippen LogP contribution in [0.3, 0.4) is 0 Å². The fraction of sp³-hybridized carbons (Fsp3) is 0.333. The van der Waals surface area contributed by atoms with Gasteiger partial charge in [-0.15, -0.1) is 0 Å². The Kier molecular flexibility index (Phi) is 5.28. The molecule has 2 N–H and O–H groups in total. The largest absolute Gasteiger partial charge is 0.481 e. The lowest BCUT2D eigenvalue weighted by Crippen LogP contribution is -2.50. The molecule has 5 nitrogen and oxygen atoms in total. The Morgan fingerprint density at radius 3 is 2.44 bits per heavy atom. The van der Waals surface area contributed by atoms with Gasteiger partial charge < -0.3 is 15.2 Å². The maximum atomic E-state index is 14.6. The maximum absolute atomic E-state index is 14.6. The molecule has 142 valence electrons. The zero-order valence-electron chi connectivity index (χ0n) is 15.3. The molecule has 1 amide bonds. The number of benzene rings is 2. The quantitative estimate of drug-likeness (QED) is 0.844. The number of nitrogens with one attached hydrogen (secondary N) is 1. The molecule has 0 bridgehead atoms. The van der Waals surface area contributed by atoms with Crippen molar-refractivity contribution in [2.75, 3.05) is 13.2 Å². The number of ether oxygens (including phenoxy) is 1. The third-order valence-corrected chi connectivity index (χ3v) is 5.03. The summed E-state index contributed by atoms with van der Waals surface area (Å²) < 4.78 is 19.9. The van der Waals surface area contributed by atoms with E-state index in [1.807, 2.05) is 32.0 Å². The highest BCUT2D eigenvalue weighted by atomic mass is 19.1. The van der Waals surface area contributed by atoms with E-state index in [4.69, 9.17) is 9.84 Å². The molecule has 1 atom stereocenters. The zero-order chi connectivity index (χ0) is 19.6. The van der Waals surface area contributed by atoms with Gasteiger partial charge in [-0.2, -0.15) is 0 Å². The van der Waals surface area contributed by atoms with Crippen LogP contribution in [0.25, 0.3) is 11.1 Å². The summed E-state index contributed by atoms with van der Waals surface area (Å²) in [4.78, 5) is 23.7. The summed E-state index contributed by atoms with van der Waals surface area (Å²) in [7, 11) is 0. The lowest BCUT2D eigenvalue weighted by Gasteiger charge is -2.27. The number of halogens is 1. The Balaban J connectivity index is 1.83. The van der Waals surface area contributed by atoms with Crippen molar-refractivity contribution in [2.45, 2.75) is 32.2 Å². The van der Waals surface area contributed by atoms with Gasteiger partial charge in [-0.3, -0.25) is 9.59 Å². The number of hydrogen-bond acceptors (Lipinski definition) is 3. The molecule has 0 radical (unpaired) electrons. The molecule has 0 aliphatic carbocycles. The van der Waals surface area contributed by atoms with E-state index in [-0.39, 0.29) is 18.6 Å². The molecule has 1 unspecified atom stereocenters. The standard InChI is InChI=1S/C21H22FNO4/c1-13-3-4-15(9-14(13)2)16-5-6-17(18(22)10-16)20(26)23-21(11-19(24)25)7-8-27-12-21/h3-6,9-10H,7-8,11-12H2,1-2H3,(H,23,26)(H,24,25). The molecule has 2 aromatic carbocycles. The molecular formula is C21H22FNO4. The van der Waals surface area contributed by atoms with Gasteiger partial charge in [0, 0.05) is 6.61 Å². The summed E-state index contributed by atoms with van der Waals surface area (Å²) in [5.41, 5.74) is 2.69. The van der Waals surface area contributed by atoms with Crippen molar-refractivity contribution in [3.05, 3.63) is 58.9 Å². The van der Waals surface area contributed by atoms with Crippen LogP contribution in [-0.2, 0) is 9.53 Å². The third kappa shape index (κ3) is 4.17. The van der Waals surface area contributed by atoms with Crippen LogP contribution in [-0.4, -0.2) is 35.7 Å². The zero-order valence-corrected chi connectivity index (χ0v) is 15.3. The Hall–Kier alpha value is -2.73. The van der Waals surface area contributed by atoms with Crippen LogP contribution in [0, 0.1) is 19.7 Å². The van der Waals surface area contributed by atoms with E-state index in [1.165, 1.54) is 12.1 Å². The van der Waals surface area contributed by atoms with Gasteiger partial charge in [0.15, 0.2) is 0 Å². The highest BCUT2D eigenvalue weighted by Gasteiger charge is 2.39. The fourth-order valence-corrected chi connectivity index (χ4v) is 3.29. The summed E-state index contributed by atoms with van der Waals surface area (Å²) in [6, 6.07) is 10.3. The monoisotopic (exact) mass is 371 g/mol. The summed E-state index contributed by atoms with van der Waals surface area (Å²) in [5.74, 6) is -2.31. The minimum atomic E-state index is -1.04. The molecule has 2 aromatic rings. The molecule has 1 saturated heterocycles. The van der Waals surface area contributed by atoms with Crippen LogP contribution < -0.4 is 5.32 Å². The molecule has 1 aliphatic rings. The third-order valence-electron chi connectivity index (χ3n) is 5.03. The van der Waals surface area contributed by atoms with E-state index in [9.17, 15) is 14.0 Å². The van der Waals surface area contributed by atoms with Crippen LogP contribution in [0.2, 0.25) is 0 Å². The van der Waals surface area contributed by atoms with Gasteiger partial charge >= 0.3 is 5.97 Å². The molecular weight excluding hydrogens is 349 g/mol. The number of rotatable bonds is 5. The first-order valence-corrected chi connectivity index (χ1v) is 8.79. The lowest BCUT2D eigenvalue weighted by molar-refractivity contribution is -0.138. The lowest BCUT2D eigenvalue weighted by atomic mass is 9.93. The average molecular weight is 371 g/mol. The predicted molar refractivity (Wildman–Crippen MR) is 99.2 cm³/mol. The Morgan fingerprint density at radius 1 is 1.15 bits per heavy atom. The van der Waals surface area contributed by atoms with Gasteiger partial charge in [0.05, 0.1) is 24.1 Å². The molecule has 1 heterocycles. The first-order chi connectivity index (χ1) is 12.8. The average Bonchev–Trinajstić information content (AvgIpc) is 3.04. The first-order valence-electron chi connectivity index (χ1n) is 8.79. The van der Waals surface area contributed by atoms with Crippen molar-refractivity contribution in [2.24, 2.45) is 0 Å². The van der Waals surface area contributed by atoms with Crippen LogP contribution >= 0.6 is 0 Å². The highest BCUT2D eigenvalue weighted by Crippen LogP contribution is 2.26. The molecule has 0 spiro atoms. The predicted octanol–water partition coefficient (Wildman–Crippen LogP) is 3.47. The summed E-state index contributed by atoms with van der Waals surface area (Å²) >= 11 is 0. The second-order valence-corrected chi connectivity index (χ2v) is 7.10. The minimum absolute atomic E-state index is 0.105. The van der Waals surface area contributed by atoms with Crippen molar-refractivity contribution >= 4 is 11.9 Å². The van der Waals surface area contributed by atoms with Crippen molar-refractivity contribution < 1.29 is 23.8 Å². The molecule has 1 aliphatic heterocycles. The SMILES string of the molecule is Cc1ccc(-c2ccc(C(=O)NC3(CC(=O)O)CCOC3)c(F)c2)cc1C. The smallest absolute Gasteiger partial charge is 0.305 e. The fourth-order valence-electron chi connectivity index (χ4n) is 3.29. The van der Waals surface area contributed by atoms with Crippen molar-refractivity contribution in [1.82, 2.24) is 5.32 Å². The Bertz CT molecular complexity index is 888. The van der Waals surface area contributed by atoms with Crippen LogP contribution in [0.1, 0.15) is 34.3 Å². The van der Waals surface area contributed by atoms with Gasteiger partial charge in [-0.25, -0.2) is 4.39 Å². The summed E-state index contributed by atoms with van der Waals surface area (Å²) in [5, 5.41) is 11.8. The number of aryl methyl sites for hydroxylation is 2. The number of aliphatic carboxylic acids is 1. The van der Waals surface area contributed by atoms with E-state index >= 15 is 0 Å². The molecule has 0 saturated carbocycles. The van der Waals surface area contributed by atoms with Gasteiger partial charge in [0.1, 0.15) is 5.82 Å². The molecule has 1 fully saturated rings. The van der Waals surface area contributed by atoms with E-state index in [2.05, 4.69) is 5.32 Å². The number of carbonyl (C=O) groups is 2. The van der Waals surface area contributed by atoms with Gasteiger partial charge in [0.2, 0.25) is 0 Å². The van der Waals surface area contributed by atoms with Crippen LogP contribution in [0.5, 0.6) is 0 Å². The topological polar surface area (TPSA) is 75.6 Å². The van der Waals surface area contributed by atoms with Gasteiger partial charge in [0.25, 0.3) is 5.91 Å². The number of carbonyl (C=O) groups excluding carboxylic acids is 1. The van der Waals surface area contributed by atoms with E-state index < -0.39 is 23.2 Å². The normalized spacial score (nSPS) is 19.1. The second kappa shape index (κ2) is 7.48. The Morgan fingerprint density at radius 2 is 1.85 bits per heavy atom. The summed E-state index contributed by atoms with van der Waals surface area (Å²) in [6.45, 7) is 4.46. The minimum Gasteiger partial charge on any atom is -0.481 e. The van der Waals surface area contributed by atoms with E-state index in [0.717, 1.165) is 16.7 Å². The molecule has 27 heavy (non-hydrogen) atoms. The molecule has 3 rings (SSSR count). The van der Waals surface area contributed by atoms with E-state index in [0.29, 0.717) is 18.6 Å². The number of carboxylic acids is 1. The number of hydrogen-bond donors (Lipinski definition) is 2. The Labute approximate surface area is 157 Å². The maximum Gasteiger partial charge on any atom is 0.305 e. The second-order valence-electron chi connectivity index (χ2n) is 7.10. The van der Waals surface area contributed by atoms with E-state index in [1.54, 1.807) is 6.07 Å². The summed E-state index contributed by atoms with van der Waals surface area (Å²) in [6.07, 6.45) is 0.120. The van der Waals surface area contributed by atoms with Crippen molar-refractivity contribution in [3.63, 3.8) is 0 Å². The molecule has 0 aromatic heterocycles.